The quantitative estimate of drug-likeness (QED) is 0.288. The highest BCUT2D eigenvalue weighted by Crippen LogP contribution is 2.31. The van der Waals surface area contributed by atoms with Crippen LogP contribution in [0.15, 0.2) is 71.2 Å². The van der Waals surface area contributed by atoms with Crippen LogP contribution >= 0.6 is 11.6 Å². The van der Waals surface area contributed by atoms with Crippen LogP contribution in [0.25, 0.3) is 0 Å². The maximum atomic E-state index is 12.7. The zero-order valence-corrected chi connectivity index (χ0v) is 18.5. The molecule has 3 aliphatic rings. The third-order valence-corrected chi connectivity index (χ3v) is 4.93. The van der Waals surface area contributed by atoms with E-state index in [1.54, 1.807) is 0 Å². The molecule has 0 aromatic carbocycles. The summed E-state index contributed by atoms with van der Waals surface area (Å²) in [6.07, 6.45) is 7.28. The molecule has 1 fully saturated rings. The molecular formula is C22H25ClF3N3O4. The molecule has 2 heterocycles. The van der Waals surface area contributed by atoms with Gasteiger partial charge in [0.1, 0.15) is 17.6 Å². The van der Waals surface area contributed by atoms with Crippen LogP contribution in [0.5, 0.6) is 0 Å². The third-order valence-electron chi connectivity index (χ3n) is 4.60. The number of rotatable bonds is 12. The lowest BCUT2D eigenvalue weighted by Gasteiger charge is -2.26. The molecule has 180 valence electrons. The number of halogens is 4. The smallest absolute Gasteiger partial charge is 0.387 e. The number of amides is 2. The van der Waals surface area contributed by atoms with E-state index in [1.165, 1.54) is 18.2 Å². The number of hydrogen-bond acceptors (Lipinski definition) is 5. The predicted octanol–water partition coefficient (Wildman–Crippen LogP) is 3.79. The third kappa shape index (κ3) is 8.72. The largest absolute Gasteiger partial charge is 0.491 e. The van der Waals surface area contributed by atoms with Crippen molar-refractivity contribution in [1.29, 1.82) is 0 Å². The molecular weight excluding hydrogens is 463 g/mol. The molecule has 0 saturated carbocycles. The SMILES string of the molecule is C=C(CCNC(=O)C1NC2=CC(OC(F)F)=C1CCC2)NC(=O)CO/C=C/C=C(/Cl)C(=C)F. The maximum absolute atomic E-state index is 12.7. The van der Waals surface area contributed by atoms with Crippen LogP contribution in [0.1, 0.15) is 25.7 Å². The molecule has 2 aliphatic heterocycles. The summed E-state index contributed by atoms with van der Waals surface area (Å²) < 4.78 is 47.6. The Morgan fingerprint density at radius 1 is 1.33 bits per heavy atom. The lowest BCUT2D eigenvalue weighted by molar-refractivity contribution is -0.123. The van der Waals surface area contributed by atoms with Crippen LogP contribution in [-0.2, 0) is 19.1 Å². The Balaban J connectivity index is 1.74. The van der Waals surface area contributed by atoms with Crippen molar-refractivity contribution in [3.8, 4) is 0 Å². The standard InChI is InChI=1S/C22H25ClF3N3O4/c1-13(28-19(30)12-32-10-4-7-17(23)14(2)24)8-9-27-21(31)20-16-6-3-5-15(29-20)11-18(16)33-22(25)26/h4,7,10-11,20,22,29H,1-3,5-6,8-9,12H2,(H,27,31)(H,28,30)/b10-4+,17-7+. The highest BCUT2D eigenvalue weighted by Gasteiger charge is 2.33. The molecule has 33 heavy (non-hydrogen) atoms. The number of allylic oxidation sites excluding steroid dienone is 6. The van der Waals surface area contributed by atoms with Gasteiger partial charge in [-0.05, 0) is 37.5 Å². The minimum absolute atomic E-state index is 0.0366. The number of carbonyl (C=O) groups excluding carboxylic acids is 2. The fourth-order valence-corrected chi connectivity index (χ4v) is 3.22. The first-order chi connectivity index (χ1) is 15.7. The second kappa shape index (κ2) is 12.8. The van der Waals surface area contributed by atoms with Gasteiger partial charge < -0.3 is 25.4 Å². The Kier molecular flexibility index (Phi) is 10.1. The Morgan fingerprint density at radius 3 is 2.79 bits per heavy atom. The second-order valence-electron chi connectivity index (χ2n) is 7.12. The average Bonchev–Trinajstić information content (AvgIpc) is 3.06. The number of fused-ring (bicyclic) bond motifs is 4. The summed E-state index contributed by atoms with van der Waals surface area (Å²) >= 11 is 5.51. The van der Waals surface area contributed by atoms with Gasteiger partial charge in [-0.1, -0.05) is 24.8 Å². The van der Waals surface area contributed by atoms with Crippen LogP contribution in [-0.4, -0.2) is 37.6 Å². The lowest BCUT2D eigenvalue weighted by atomic mass is 9.99. The summed E-state index contributed by atoms with van der Waals surface area (Å²) in [5, 5.41) is 8.09. The summed E-state index contributed by atoms with van der Waals surface area (Å²) in [6.45, 7) is 3.63. The minimum atomic E-state index is -2.97. The summed E-state index contributed by atoms with van der Waals surface area (Å²) in [5.74, 6) is -1.62. The number of alkyl halides is 2. The van der Waals surface area contributed by atoms with E-state index in [2.05, 4.69) is 33.8 Å². The molecule has 1 unspecified atom stereocenters. The van der Waals surface area contributed by atoms with Crippen LogP contribution in [0.2, 0.25) is 0 Å². The van der Waals surface area contributed by atoms with Gasteiger partial charge in [0.25, 0.3) is 5.91 Å². The van der Waals surface area contributed by atoms with Crippen molar-refractivity contribution in [2.75, 3.05) is 13.2 Å². The fourth-order valence-electron chi connectivity index (χ4n) is 3.15. The Hall–Kier alpha value is -3.14. The molecule has 1 saturated heterocycles. The van der Waals surface area contributed by atoms with E-state index in [4.69, 9.17) is 16.3 Å². The monoisotopic (exact) mass is 487 g/mol. The molecule has 0 spiro atoms. The lowest BCUT2D eigenvalue weighted by Crippen LogP contribution is -2.46. The molecule has 2 bridgehead atoms. The normalized spacial score (nSPS) is 17.9. The Labute approximate surface area is 194 Å². The van der Waals surface area contributed by atoms with Crippen molar-refractivity contribution in [3.05, 3.63) is 71.2 Å². The van der Waals surface area contributed by atoms with Crippen LogP contribution in [0, 0.1) is 0 Å². The fraction of sp³-hybridized carbons (Fsp3) is 0.364. The highest BCUT2D eigenvalue weighted by molar-refractivity contribution is 6.31. The molecule has 2 amide bonds. The summed E-state index contributed by atoms with van der Waals surface area (Å²) in [5.41, 5.74) is 1.51. The number of ether oxygens (including phenoxy) is 2. The molecule has 3 rings (SSSR count). The van der Waals surface area contributed by atoms with Gasteiger partial charge in [0, 0.05) is 29.9 Å². The molecule has 3 N–H and O–H groups in total. The number of nitrogens with one attached hydrogen (secondary N) is 3. The number of carbonyl (C=O) groups is 2. The van der Waals surface area contributed by atoms with Gasteiger partial charge in [-0.15, -0.1) is 0 Å². The second-order valence-corrected chi connectivity index (χ2v) is 7.53. The molecule has 1 aliphatic carbocycles. The van der Waals surface area contributed by atoms with Crippen LogP contribution < -0.4 is 16.0 Å². The van der Waals surface area contributed by atoms with Gasteiger partial charge in [-0.2, -0.15) is 8.78 Å². The van der Waals surface area contributed by atoms with Gasteiger partial charge >= 0.3 is 6.61 Å². The average molecular weight is 488 g/mol. The van der Waals surface area contributed by atoms with Gasteiger partial charge in [0.15, 0.2) is 6.61 Å². The van der Waals surface area contributed by atoms with E-state index < -0.39 is 24.4 Å². The van der Waals surface area contributed by atoms with Crippen molar-refractivity contribution in [1.82, 2.24) is 16.0 Å². The zero-order chi connectivity index (χ0) is 24.4. The van der Waals surface area contributed by atoms with Crippen molar-refractivity contribution in [2.24, 2.45) is 0 Å². The van der Waals surface area contributed by atoms with E-state index in [0.717, 1.165) is 12.7 Å². The Morgan fingerprint density at radius 2 is 2.09 bits per heavy atom. The summed E-state index contributed by atoms with van der Waals surface area (Å²) in [4.78, 5) is 24.4. The van der Waals surface area contributed by atoms with Gasteiger partial charge in [-0.3, -0.25) is 9.59 Å². The Bertz CT molecular complexity index is 913. The summed E-state index contributed by atoms with van der Waals surface area (Å²) in [6, 6.07) is -0.790. The zero-order valence-electron chi connectivity index (χ0n) is 17.8. The molecule has 0 aromatic heterocycles. The van der Waals surface area contributed by atoms with E-state index in [-0.39, 0.29) is 36.3 Å². The van der Waals surface area contributed by atoms with Crippen molar-refractivity contribution in [3.63, 3.8) is 0 Å². The molecule has 0 radical (unpaired) electrons. The topological polar surface area (TPSA) is 88.7 Å². The van der Waals surface area contributed by atoms with Gasteiger partial charge in [0.05, 0.1) is 11.3 Å². The van der Waals surface area contributed by atoms with Crippen LogP contribution in [0.4, 0.5) is 13.2 Å². The molecule has 1 atom stereocenters. The summed E-state index contributed by atoms with van der Waals surface area (Å²) in [7, 11) is 0. The maximum Gasteiger partial charge on any atom is 0.387 e. The van der Waals surface area contributed by atoms with Crippen molar-refractivity contribution < 1.29 is 32.2 Å². The first kappa shape index (κ1) is 26.1. The van der Waals surface area contributed by atoms with Crippen molar-refractivity contribution in [2.45, 2.75) is 38.3 Å². The van der Waals surface area contributed by atoms with E-state index in [0.29, 0.717) is 29.8 Å². The van der Waals surface area contributed by atoms with E-state index in [9.17, 15) is 22.8 Å². The van der Waals surface area contributed by atoms with E-state index >= 15 is 0 Å². The predicted molar refractivity (Wildman–Crippen MR) is 117 cm³/mol. The number of dihydropyridines is 1. The van der Waals surface area contributed by atoms with Crippen LogP contribution in [0.3, 0.4) is 0 Å². The van der Waals surface area contributed by atoms with Crippen molar-refractivity contribution >= 4 is 23.4 Å². The van der Waals surface area contributed by atoms with Gasteiger partial charge in [0.2, 0.25) is 5.91 Å². The van der Waals surface area contributed by atoms with E-state index in [1.807, 2.05) is 0 Å². The highest BCUT2D eigenvalue weighted by atomic mass is 35.5. The molecule has 0 aromatic rings. The molecule has 11 heteroatoms. The first-order valence-corrected chi connectivity index (χ1v) is 10.4. The molecule has 7 nitrogen and oxygen atoms in total. The first-order valence-electron chi connectivity index (χ1n) is 10.1. The number of hydrogen-bond donors (Lipinski definition) is 3. The minimum Gasteiger partial charge on any atom is -0.491 e. The van der Waals surface area contributed by atoms with Gasteiger partial charge in [-0.25, -0.2) is 4.39 Å².